The monoisotopic (exact) mass is 408 g/mol. The average Bonchev–Trinajstić information content (AvgIpc) is 2.76. The molecule has 8 heteroatoms. The second kappa shape index (κ2) is 5.91. The lowest BCUT2D eigenvalue weighted by Gasteiger charge is -2.63. The molecular formula is C22H16O8. The van der Waals surface area contributed by atoms with Crippen LogP contribution in [0.3, 0.4) is 0 Å². The van der Waals surface area contributed by atoms with Crippen LogP contribution in [0.4, 0.5) is 0 Å². The van der Waals surface area contributed by atoms with Gasteiger partial charge in [-0.3, -0.25) is 9.59 Å². The molecule has 0 aromatic heterocycles. The summed E-state index contributed by atoms with van der Waals surface area (Å²) in [5.41, 5.74) is -3.73. The Morgan fingerprint density at radius 3 is 1.47 bits per heavy atom. The van der Waals surface area contributed by atoms with Crippen molar-refractivity contribution in [2.45, 2.75) is 11.2 Å². The van der Waals surface area contributed by atoms with Gasteiger partial charge < -0.3 is 18.9 Å². The Bertz CT molecular complexity index is 1040. The molecule has 0 atom stereocenters. The number of benzene rings is 2. The highest BCUT2D eigenvalue weighted by molar-refractivity contribution is 6.19. The van der Waals surface area contributed by atoms with E-state index >= 15 is 0 Å². The molecule has 3 aliphatic rings. The molecule has 8 nitrogen and oxygen atoms in total. The maximum Gasteiger partial charge on any atom is 0.352 e. The van der Waals surface area contributed by atoms with E-state index in [-0.39, 0.29) is 22.6 Å². The number of ketones is 2. The molecule has 2 aromatic rings. The summed E-state index contributed by atoms with van der Waals surface area (Å²) in [5, 5.41) is 0. The number of fused-ring (bicyclic) bond motifs is 6. The van der Waals surface area contributed by atoms with Crippen molar-refractivity contribution in [3.63, 3.8) is 0 Å². The van der Waals surface area contributed by atoms with Crippen molar-refractivity contribution in [2.75, 3.05) is 14.2 Å². The summed E-state index contributed by atoms with van der Waals surface area (Å²) in [6, 6.07) is 12.6. The third-order valence-electron chi connectivity index (χ3n) is 6.11. The fraction of sp³-hybridized carbons (Fsp3) is 0.273. The van der Waals surface area contributed by atoms with Crippen LogP contribution in [0.25, 0.3) is 0 Å². The Kier molecular flexibility index (Phi) is 3.62. The molecule has 2 heterocycles. The third-order valence-corrected chi connectivity index (χ3v) is 6.11. The van der Waals surface area contributed by atoms with Crippen molar-refractivity contribution in [3.05, 3.63) is 59.7 Å². The van der Waals surface area contributed by atoms with Crippen LogP contribution in [-0.2, 0) is 19.1 Å². The highest BCUT2D eigenvalue weighted by Crippen LogP contribution is 2.64. The number of para-hydroxylation sites is 2. The summed E-state index contributed by atoms with van der Waals surface area (Å²) in [7, 11) is 2.26. The molecule has 2 aromatic carbocycles. The van der Waals surface area contributed by atoms with Gasteiger partial charge in [0, 0.05) is 0 Å². The summed E-state index contributed by atoms with van der Waals surface area (Å²) in [4.78, 5) is 53.1. The molecule has 0 spiro atoms. The summed E-state index contributed by atoms with van der Waals surface area (Å²) in [6.45, 7) is 0. The van der Waals surface area contributed by atoms with E-state index in [1.54, 1.807) is 24.3 Å². The van der Waals surface area contributed by atoms with E-state index in [4.69, 9.17) is 18.9 Å². The van der Waals surface area contributed by atoms with Crippen LogP contribution in [0, 0.1) is 11.8 Å². The zero-order valence-electron chi connectivity index (χ0n) is 16.0. The van der Waals surface area contributed by atoms with Gasteiger partial charge in [-0.25, -0.2) is 9.59 Å². The van der Waals surface area contributed by atoms with Gasteiger partial charge in [0.2, 0.25) is 11.2 Å². The van der Waals surface area contributed by atoms with Gasteiger partial charge in [-0.1, -0.05) is 24.3 Å². The van der Waals surface area contributed by atoms with E-state index in [0.29, 0.717) is 0 Å². The lowest BCUT2D eigenvalue weighted by atomic mass is 9.45. The predicted octanol–water partition coefficient (Wildman–Crippen LogP) is 1.61. The molecule has 5 rings (SSSR count). The maximum absolute atomic E-state index is 13.5. The van der Waals surface area contributed by atoms with Gasteiger partial charge in [-0.05, 0) is 24.3 Å². The van der Waals surface area contributed by atoms with Crippen LogP contribution in [0.5, 0.6) is 11.5 Å². The van der Waals surface area contributed by atoms with Crippen molar-refractivity contribution < 1.29 is 38.1 Å². The molecule has 152 valence electrons. The van der Waals surface area contributed by atoms with Crippen LogP contribution < -0.4 is 9.47 Å². The second-order valence-electron chi connectivity index (χ2n) is 7.36. The lowest BCUT2D eigenvalue weighted by Crippen LogP contribution is -2.88. The molecule has 0 amide bonds. The van der Waals surface area contributed by atoms with Crippen LogP contribution in [0.15, 0.2) is 48.5 Å². The minimum Gasteiger partial charge on any atom is -0.473 e. The van der Waals surface area contributed by atoms with E-state index in [1.165, 1.54) is 24.3 Å². The second-order valence-corrected chi connectivity index (χ2v) is 7.36. The van der Waals surface area contributed by atoms with Gasteiger partial charge in [0.05, 0.1) is 25.3 Å². The molecule has 1 fully saturated rings. The van der Waals surface area contributed by atoms with Gasteiger partial charge in [0.1, 0.15) is 23.3 Å². The Labute approximate surface area is 170 Å². The van der Waals surface area contributed by atoms with Gasteiger partial charge >= 0.3 is 11.9 Å². The van der Waals surface area contributed by atoms with Gasteiger partial charge in [0.15, 0.2) is 11.6 Å². The number of rotatable bonds is 2. The van der Waals surface area contributed by atoms with Gasteiger partial charge in [0.25, 0.3) is 0 Å². The number of esters is 2. The summed E-state index contributed by atoms with van der Waals surface area (Å²) in [5.74, 6) is -5.63. The maximum atomic E-state index is 13.5. The smallest absolute Gasteiger partial charge is 0.352 e. The molecule has 1 aliphatic carbocycles. The zero-order chi connectivity index (χ0) is 21.3. The minimum atomic E-state index is -2.04. The highest BCUT2D eigenvalue weighted by Gasteiger charge is 2.89. The van der Waals surface area contributed by atoms with E-state index in [1.807, 2.05) is 0 Å². The van der Waals surface area contributed by atoms with Crippen LogP contribution in [0.1, 0.15) is 20.7 Å². The third kappa shape index (κ3) is 1.86. The van der Waals surface area contributed by atoms with Crippen molar-refractivity contribution in [1.29, 1.82) is 0 Å². The molecule has 0 N–H and O–H groups in total. The zero-order valence-corrected chi connectivity index (χ0v) is 16.0. The fourth-order valence-electron chi connectivity index (χ4n) is 4.96. The first-order valence-corrected chi connectivity index (χ1v) is 9.24. The first-order valence-electron chi connectivity index (χ1n) is 9.24. The Morgan fingerprint density at radius 1 is 0.733 bits per heavy atom. The normalized spacial score (nSPS) is 30.2. The average molecular weight is 408 g/mol. The molecule has 0 radical (unpaired) electrons. The molecule has 1 saturated carbocycles. The van der Waals surface area contributed by atoms with Crippen molar-refractivity contribution in [1.82, 2.24) is 0 Å². The molecule has 0 bridgehead atoms. The molecule has 2 aliphatic heterocycles. The fourth-order valence-corrected chi connectivity index (χ4v) is 4.96. The highest BCUT2D eigenvalue weighted by atomic mass is 16.6. The first kappa shape index (κ1) is 18.4. The number of ether oxygens (including phenoxy) is 4. The number of hydrogen-bond donors (Lipinski definition) is 0. The van der Waals surface area contributed by atoms with E-state index < -0.39 is 46.5 Å². The Balaban J connectivity index is 1.81. The van der Waals surface area contributed by atoms with E-state index in [0.717, 1.165) is 14.2 Å². The predicted molar refractivity (Wildman–Crippen MR) is 99.3 cm³/mol. The number of methoxy groups -OCH3 is 2. The quantitative estimate of drug-likeness (QED) is 0.690. The van der Waals surface area contributed by atoms with Crippen molar-refractivity contribution >= 4 is 23.5 Å². The molecular weight excluding hydrogens is 392 g/mol. The summed E-state index contributed by atoms with van der Waals surface area (Å²) in [6.07, 6.45) is 0. The van der Waals surface area contributed by atoms with Crippen LogP contribution in [-0.4, -0.2) is 48.9 Å². The number of hydrogen-bond acceptors (Lipinski definition) is 8. The standard InChI is InChI=1S/C22H16O8/c1-27-19(25)21-17(15(23)11-7-3-5-9-13(11)29-21)22(20(26)28-2)18(21)16(24)12-8-4-6-10-14(12)30-22/h3-10,17-18H,1-2H3. The Hall–Kier alpha value is -3.68. The topological polar surface area (TPSA) is 105 Å². The first-order chi connectivity index (χ1) is 14.4. The number of carbonyl (C=O) groups excluding carboxylic acids is 4. The van der Waals surface area contributed by atoms with Crippen molar-refractivity contribution in [2.24, 2.45) is 11.8 Å². The van der Waals surface area contributed by atoms with Crippen molar-refractivity contribution in [3.8, 4) is 11.5 Å². The summed E-state index contributed by atoms with van der Waals surface area (Å²) < 4.78 is 21.9. The van der Waals surface area contributed by atoms with Crippen LogP contribution >= 0.6 is 0 Å². The summed E-state index contributed by atoms with van der Waals surface area (Å²) >= 11 is 0. The van der Waals surface area contributed by atoms with Crippen LogP contribution in [0.2, 0.25) is 0 Å². The number of Topliss-reactive ketones (excluding diaryl/α,β-unsaturated/α-hetero) is 2. The molecule has 30 heavy (non-hydrogen) atoms. The largest absolute Gasteiger partial charge is 0.473 e. The minimum absolute atomic E-state index is 0.134. The Morgan fingerprint density at radius 2 is 1.10 bits per heavy atom. The number of carbonyl (C=O) groups is 4. The van der Waals surface area contributed by atoms with Gasteiger partial charge in [-0.15, -0.1) is 0 Å². The van der Waals surface area contributed by atoms with E-state index in [2.05, 4.69) is 0 Å². The SMILES string of the molecule is COC(=O)C12Oc3ccccc3C(=O)C1C1(C(=O)OC)Oc3ccccc3C(=O)C21. The van der Waals surface area contributed by atoms with Gasteiger partial charge in [-0.2, -0.15) is 0 Å². The lowest BCUT2D eigenvalue weighted by molar-refractivity contribution is -0.248. The molecule has 0 saturated heterocycles. The van der Waals surface area contributed by atoms with E-state index in [9.17, 15) is 19.2 Å². The molecule has 0 unspecified atom stereocenters.